The van der Waals surface area contributed by atoms with Gasteiger partial charge in [-0.15, -0.1) is 0 Å². The highest BCUT2D eigenvalue weighted by Crippen LogP contribution is 2.17. The second-order valence-corrected chi connectivity index (χ2v) is 6.10. The lowest BCUT2D eigenvalue weighted by molar-refractivity contribution is 0.142. The van der Waals surface area contributed by atoms with Crippen LogP contribution in [-0.2, 0) is 0 Å². The average Bonchev–Trinajstić information content (AvgIpc) is 2.58. The molecule has 0 spiro atoms. The highest BCUT2D eigenvalue weighted by molar-refractivity contribution is 5.65. The molecule has 1 amide bonds. The van der Waals surface area contributed by atoms with Crippen LogP contribution < -0.4 is 0 Å². The summed E-state index contributed by atoms with van der Waals surface area (Å²) in [5.41, 5.74) is 1.01. The van der Waals surface area contributed by atoms with Crippen LogP contribution in [0.15, 0.2) is 30.3 Å². The van der Waals surface area contributed by atoms with E-state index in [1.54, 1.807) is 7.05 Å². The molecule has 0 bridgehead atoms. The summed E-state index contributed by atoms with van der Waals surface area (Å²) in [6, 6.07) is 9.47. The lowest BCUT2D eigenvalue weighted by Gasteiger charge is -2.21. The number of carboxylic acid groups (broad SMARTS) is 1. The molecule has 132 valence electrons. The van der Waals surface area contributed by atoms with Crippen molar-refractivity contribution in [2.24, 2.45) is 0 Å². The van der Waals surface area contributed by atoms with Crippen LogP contribution in [0.2, 0.25) is 0 Å². The molecule has 0 aliphatic rings. The summed E-state index contributed by atoms with van der Waals surface area (Å²) >= 11 is 0. The van der Waals surface area contributed by atoms with E-state index in [4.69, 9.17) is 5.11 Å². The molecular formula is C20H35NO2. The number of unbranched alkanes of at least 4 members (excludes halogenated alkanes) is 7. The Morgan fingerprint density at radius 3 is 1.78 bits per heavy atom. The third-order valence-corrected chi connectivity index (χ3v) is 4.12. The van der Waals surface area contributed by atoms with E-state index in [0.29, 0.717) is 0 Å². The quantitative estimate of drug-likeness (QED) is 0.527. The van der Waals surface area contributed by atoms with E-state index in [9.17, 15) is 4.79 Å². The molecule has 3 heteroatoms. The first kappa shape index (κ1) is 21.5. The summed E-state index contributed by atoms with van der Waals surface area (Å²) < 4.78 is 0. The fraction of sp³-hybridized carbons (Fsp3) is 0.650. The van der Waals surface area contributed by atoms with Gasteiger partial charge in [0.05, 0.1) is 6.04 Å². The van der Waals surface area contributed by atoms with Crippen molar-refractivity contribution in [2.45, 2.75) is 78.2 Å². The van der Waals surface area contributed by atoms with Crippen molar-refractivity contribution in [3.63, 3.8) is 0 Å². The van der Waals surface area contributed by atoms with Crippen LogP contribution in [0.3, 0.4) is 0 Å². The molecule has 0 aliphatic heterocycles. The normalized spacial score (nSPS) is 11.3. The van der Waals surface area contributed by atoms with Gasteiger partial charge in [-0.2, -0.15) is 0 Å². The standard InChI is InChI=1S/C10H13NO2.C10H22/c1-8(11(2)10(12)13)9-6-4-3-5-7-9;1-3-5-7-9-10-8-6-4-2/h3-8H,1-2H3,(H,12,13);3-10H2,1-2H3. The molecule has 0 aliphatic carbocycles. The Labute approximate surface area is 142 Å². The Bertz CT molecular complexity index is 384. The third kappa shape index (κ3) is 10.8. The SMILES string of the molecule is CC(c1ccccc1)N(C)C(=O)O.CCCCCCCCCC. The van der Waals surface area contributed by atoms with Gasteiger partial charge in [0.1, 0.15) is 0 Å². The number of carbonyl (C=O) groups is 1. The van der Waals surface area contributed by atoms with E-state index in [0.717, 1.165) is 5.56 Å². The van der Waals surface area contributed by atoms with Crippen molar-refractivity contribution in [3.05, 3.63) is 35.9 Å². The van der Waals surface area contributed by atoms with Crippen LogP contribution in [0.4, 0.5) is 4.79 Å². The van der Waals surface area contributed by atoms with Crippen LogP contribution in [0.1, 0.15) is 83.7 Å². The molecule has 1 aromatic carbocycles. The van der Waals surface area contributed by atoms with Gasteiger partial charge in [-0.1, -0.05) is 95.5 Å². The van der Waals surface area contributed by atoms with Gasteiger partial charge in [0.15, 0.2) is 0 Å². The van der Waals surface area contributed by atoms with Gasteiger partial charge in [0.2, 0.25) is 0 Å². The summed E-state index contributed by atoms with van der Waals surface area (Å²) in [5.74, 6) is 0. The molecule has 1 N–H and O–H groups in total. The van der Waals surface area contributed by atoms with Crippen molar-refractivity contribution in [3.8, 4) is 0 Å². The topological polar surface area (TPSA) is 40.5 Å². The first-order valence-electron chi connectivity index (χ1n) is 9.05. The molecule has 0 saturated heterocycles. The molecule has 1 unspecified atom stereocenters. The maximum Gasteiger partial charge on any atom is 0.407 e. The number of nitrogens with zero attached hydrogens (tertiary/aromatic N) is 1. The molecule has 1 rings (SSSR count). The van der Waals surface area contributed by atoms with E-state index in [1.807, 2.05) is 37.3 Å². The Kier molecular flexibility index (Phi) is 13.2. The molecule has 23 heavy (non-hydrogen) atoms. The van der Waals surface area contributed by atoms with Crippen LogP contribution in [0, 0.1) is 0 Å². The number of hydrogen-bond donors (Lipinski definition) is 1. The zero-order valence-electron chi connectivity index (χ0n) is 15.4. The third-order valence-electron chi connectivity index (χ3n) is 4.12. The minimum Gasteiger partial charge on any atom is -0.465 e. The minimum absolute atomic E-state index is 0.0984. The zero-order chi connectivity index (χ0) is 17.5. The summed E-state index contributed by atoms with van der Waals surface area (Å²) in [7, 11) is 1.57. The summed E-state index contributed by atoms with van der Waals surface area (Å²) in [6.07, 6.45) is 10.6. The van der Waals surface area contributed by atoms with Crippen LogP contribution >= 0.6 is 0 Å². The highest BCUT2D eigenvalue weighted by atomic mass is 16.4. The molecule has 0 saturated carbocycles. The second-order valence-electron chi connectivity index (χ2n) is 6.10. The van der Waals surface area contributed by atoms with Crippen LogP contribution in [-0.4, -0.2) is 23.1 Å². The number of hydrogen-bond acceptors (Lipinski definition) is 1. The molecule has 0 heterocycles. The number of rotatable bonds is 9. The summed E-state index contributed by atoms with van der Waals surface area (Å²) in [4.78, 5) is 11.9. The summed E-state index contributed by atoms with van der Waals surface area (Å²) in [5, 5.41) is 8.74. The van der Waals surface area contributed by atoms with Gasteiger partial charge < -0.3 is 10.0 Å². The monoisotopic (exact) mass is 321 g/mol. The first-order valence-corrected chi connectivity index (χ1v) is 9.05. The Hall–Kier alpha value is -1.51. The predicted octanol–water partition coefficient (Wildman–Crippen LogP) is 6.50. The predicted molar refractivity (Wildman–Crippen MR) is 98.9 cm³/mol. The largest absolute Gasteiger partial charge is 0.465 e. The van der Waals surface area contributed by atoms with Crippen LogP contribution in [0.25, 0.3) is 0 Å². The highest BCUT2D eigenvalue weighted by Gasteiger charge is 2.15. The second kappa shape index (κ2) is 14.1. The molecule has 0 radical (unpaired) electrons. The average molecular weight is 322 g/mol. The van der Waals surface area contributed by atoms with E-state index in [2.05, 4.69) is 13.8 Å². The fourth-order valence-corrected chi connectivity index (χ4v) is 2.33. The molecule has 0 aromatic heterocycles. The lowest BCUT2D eigenvalue weighted by Crippen LogP contribution is -2.27. The van der Waals surface area contributed by atoms with Gasteiger partial charge in [-0.25, -0.2) is 4.79 Å². The van der Waals surface area contributed by atoms with E-state index >= 15 is 0 Å². The smallest absolute Gasteiger partial charge is 0.407 e. The Morgan fingerprint density at radius 1 is 0.957 bits per heavy atom. The van der Waals surface area contributed by atoms with Gasteiger partial charge in [0.25, 0.3) is 0 Å². The van der Waals surface area contributed by atoms with E-state index < -0.39 is 6.09 Å². The Morgan fingerprint density at radius 2 is 1.39 bits per heavy atom. The van der Waals surface area contributed by atoms with Crippen molar-refractivity contribution in [2.75, 3.05) is 7.05 Å². The fourth-order valence-electron chi connectivity index (χ4n) is 2.33. The van der Waals surface area contributed by atoms with Gasteiger partial charge >= 0.3 is 6.09 Å². The van der Waals surface area contributed by atoms with Crippen LogP contribution in [0.5, 0.6) is 0 Å². The maximum absolute atomic E-state index is 10.6. The van der Waals surface area contributed by atoms with Crippen molar-refractivity contribution in [1.29, 1.82) is 0 Å². The van der Waals surface area contributed by atoms with Crippen molar-refractivity contribution < 1.29 is 9.90 Å². The van der Waals surface area contributed by atoms with E-state index in [-0.39, 0.29) is 6.04 Å². The van der Waals surface area contributed by atoms with Gasteiger partial charge in [-0.3, -0.25) is 0 Å². The Balaban J connectivity index is 0.000000438. The van der Waals surface area contributed by atoms with E-state index in [1.165, 1.54) is 56.3 Å². The summed E-state index contributed by atoms with van der Waals surface area (Å²) in [6.45, 7) is 6.40. The van der Waals surface area contributed by atoms with Gasteiger partial charge in [-0.05, 0) is 12.5 Å². The van der Waals surface area contributed by atoms with Gasteiger partial charge in [0, 0.05) is 7.05 Å². The molecule has 0 fully saturated rings. The zero-order valence-corrected chi connectivity index (χ0v) is 15.4. The molecule has 1 aromatic rings. The number of amides is 1. The van der Waals surface area contributed by atoms with Crippen molar-refractivity contribution >= 4 is 6.09 Å². The first-order chi connectivity index (χ1) is 11.0. The maximum atomic E-state index is 10.6. The van der Waals surface area contributed by atoms with Crippen molar-refractivity contribution in [1.82, 2.24) is 4.90 Å². The number of benzene rings is 1. The minimum atomic E-state index is -0.906. The molecule has 1 atom stereocenters. The lowest BCUT2D eigenvalue weighted by atomic mass is 10.1. The molecule has 3 nitrogen and oxygen atoms in total. The molecular weight excluding hydrogens is 286 g/mol.